The summed E-state index contributed by atoms with van der Waals surface area (Å²) in [6.07, 6.45) is 6.63. The van der Waals surface area contributed by atoms with E-state index in [0.717, 1.165) is 31.0 Å². The first kappa shape index (κ1) is 19.0. The van der Waals surface area contributed by atoms with Gasteiger partial charge in [-0.25, -0.2) is 0 Å². The van der Waals surface area contributed by atoms with Gasteiger partial charge in [-0.3, -0.25) is 4.79 Å². The van der Waals surface area contributed by atoms with Crippen molar-refractivity contribution in [2.24, 2.45) is 11.8 Å². The van der Waals surface area contributed by atoms with Gasteiger partial charge < -0.3 is 20.6 Å². The maximum absolute atomic E-state index is 12.5. The van der Waals surface area contributed by atoms with Gasteiger partial charge in [0, 0.05) is 25.0 Å². The molecule has 2 atom stereocenters. The number of aromatic hydroxyl groups is 1. The van der Waals surface area contributed by atoms with Crippen molar-refractivity contribution in [3.63, 3.8) is 0 Å². The number of benzene rings is 1. The van der Waals surface area contributed by atoms with Crippen LogP contribution in [0.4, 0.5) is 5.69 Å². The van der Waals surface area contributed by atoms with Crippen LogP contribution in [0.1, 0.15) is 45.4 Å². The third-order valence-corrected chi connectivity index (χ3v) is 6.11. The Morgan fingerprint density at radius 2 is 1.85 bits per heavy atom. The lowest BCUT2D eigenvalue weighted by molar-refractivity contribution is -0.121. The topological polar surface area (TPSA) is 64.6 Å². The van der Waals surface area contributed by atoms with E-state index in [1.807, 2.05) is 0 Å². The number of nitrogens with one attached hydrogen (secondary N) is 2. The Morgan fingerprint density at radius 3 is 2.54 bits per heavy atom. The molecule has 5 nitrogen and oxygen atoms in total. The maximum Gasteiger partial charge on any atom is 0.227 e. The Morgan fingerprint density at radius 1 is 1.15 bits per heavy atom. The molecule has 1 saturated carbocycles. The van der Waals surface area contributed by atoms with E-state index in [2.05, 4.69) is 22.5 Å². The number of rotatable bonds is 3. The molecular weight excluding hydrogens is 346 g/mol. The van der Waals surface area contributed by atoms with Gasteiger partial charge in [0.05, 0.1) is 5.69 Å². The maximum atomic E-state index is 12.5. The van der Waals surface area contributed by atoms with Crippen LogP contribution in [-0.4, -0.2) is 40.2 Å². The zero-order chi connectivity index (χ0) is 18.5. The molecule has 1 heterocycles. The molecule has 26 heavy (non-hydrogen) atoms. The summed E-state index contributed by atoms with van der Waals surface area (Å²) in [5.74, 6) is 0.710. The summed E-state index contributed by atoms with van der Waals surface area (Å²) in [6, 6.07) is 7.32. The highest BCUT2D eigenvalue weighted by molar-refractivity contribution is 7.80. The average Bonchev–Trinajstić information content (AvgIpc) is 2.65. The number of amides is 1. The number of phenolic OH excluding ortho intramolecular Hbond substituents is 1. The van der Waals surface area contributed by atoms with Gasteiger partial charge in [-0.05, 0) is 56.0 Å². The van der Waals surface area contributed by atoms with Crippen LogP contribution >= 0.6 is 12.2 Å². The zero-order valence-electron chi connectivity index (χ0n) is 15.4. The SMILES string of the molecule is C[C@@H]1CCCC[C@@H]1NC(=S)N1CCC(C(=O)Nc2ccccc2O)CC1. The van der Waals surface area contributed by atoms with E-state index < -0.39 is 0 Å². The van der Waals surface area contributed by atoms with Crippen LogP contribution in [0, 0.1) is 11.8 Å². The van der Waals surface area contributed by atoms with Gasteiger partial charge in [0.25, 0.3) is 0 Å². The van der Waals surface area contributed by atoms with Crippen LogP contribution in [0.15, 0.2) is 24.3 Å². The first-order valence-electron chi connectivity index (χ1n) is 9.69. The second-order valence-electron chi connectivity index (χ2n) is 7.59. The first-order valence-corrected chi connectivity index (χ1v) is 10.1. The van der Waals surface area contributed by atoms with Crippen molar-refractivity contribution in [3.8, 4) is 5.75 Å². The summed E-state index contributed by atoms with van der Waals surface area (Å²) >= 11 is 5.62. The van der Waals surface area contributed by atoms with Gasteiger partial charge in [-0.2, -0.15) is 0 Å². The van der Waals surface area contributed by atoms with Crippen molar-refractivity contribution < 1.29 is 9.90 Å². The average molecular weight is 376 g/mol. The fraction of sp³-hybridized carbons (Fsp3) is 0.600. The van der Waals surface area contributed by atoms with Crippen molar-refractivity contribution in [1.29, 1.82) is 0 Å². The largest absolute Gasteiger partial charge is 0.506 e. The van der Waals surface area contributed by atoms with Crippen LogP contribution < -0.4 is 10.6 Å². The molecule has 0 unspecified atom stereocenters. The molecule has 1 aromatic carbocycles. The molecule has 142 valence electrons. The minimum Gasteiger partial charge on any atom is -0.506 e. The molecule has 3 N–H and O–H groups in total. The quantitative estimate of drug-likeness (QED) is 0.557. The fourth-order valence-electron chi connectivity index (χ4n) is 3.94. The van der Waals surface area contributed by atoms with Crippen LogP contribution in [0.25, 0.3) is 0 Å². The van der Waals surface area contributed by atoms with Crippen LogP contribution in [0.3, 0.4) is 0 Å². The molecule has 3 rings (SSSR count). The van der Waals surface area contributed by atoms with Crippen LogP contribution in [0.2, 0.25) is 0 Å². The number of anilines is 1. The third kappa shape index (κ3) is 4.67. The van der Waals surface area contributed by atoms with E-state index in [1.165, 1.54) is 25.7 Å². The summed E-state index contributed by atoms with van der Waals surface area (Å²) in [5, 5.41) is 17.0. The van der Waals surface area contributed by atoms with E-state index in [0.29, 0.717) is 17.6 Å². The number of carbonyl (C=O) groups is 1. The van der Waals surface area contributed by atoms with Crippen molar-refractivity contribution >= 4 is 28.9 Å². The molecule has 1 amide bonds. The number of phenols is 1. The van der Waals surface area contributed by atoms with Crippen molar-refractivity contribution in [2.45, 2.75) is 51.5 Å². The summed E-state index contributed by atoms with van der Waals surface area (Å²) in [4.78, 5) is 14.7. The molecule has 0 aromatic heterocycles. The second kappa shape index (κ2) is 8.71. The number of nitrogens with zero attached hydrogens (tertiary/aromatic N) is 1. The lowest BCUT2D eigenvalue weighted by atomic mass is 9.86. The molecule has 6 heteroatoms. The van der Waals surface area contributed by atoms with E-state index in [4.69, 9.17) is 12.2 Å². The summed E-state index contributed by atoms with van der Waals surface area (Å²) in [7, 11) is 0. The van der Waals surface area contributed by atoms with Gasteiger partial charge in [0.15, 0.2) is 5.11 Å². The summed E-state index contributed by atoms with van der Waals surface area (Å²) in [6.45, 7) is 3.90. The van der Waals surface area contributed by atoms with Crippen molar-refractivity contribution in [1.82, 2.24) is 10.2 Å². The highest BCUT2D eigenvalue weighted by Gasteiger charge is 2.28. The van der Waals surface area contributed by atoms with Crippen LogP contribution in [-0.2, 0) is 4.79 Å². The Balaban J connectivity index is 1.47. The highest BCUT2D eigenvalue weighted by Crippen LogP contribution is 2.26. The van der Waals surface area contributed by atoms with Gasteiger partial charge in [-0.1, -0.05) is 31.9 Å². The van der Waals surface area contributed by atoms with E-state index in [-0.39, 0.29) is 17.6 Å². The van der Waals surface area contributed by atoms with Crippen LogP contribution in [0.5, 0.6) is 5.75 Å². The molecule has 2 fully saturated rings. The Kier molecular flexibility index (Phi) is 6.35. The van der Waals surface area contributed by atoms with E-state index in [9.17, 15) is 9.90 Å². The Hall–Kier alpha value is -1.82. The van der Waals surface area contributed by atoms with Gasteiger partial charge in [-0.15, -0.1) is 0 Å². The predicted molar refractivity (Wildman–Crippen MR) is 108 cm³/mol. The lowest BCUT2D eigenvalue weighted by Gasteiger charge is -2.37. The molecule has 1 aliphatic carbocycles. The predicted octanol–water partition coefficient (Wildman–Crippen LogP) is 3.50. The molecule has 0 radical (unpaired) electrons. The number of hydrogen-bond donors (Lipinski definition) is 3. The van der Waals surface area contributed by atoms with Gasteiger partial charge >= 0.3 is 0 Å². The monoisotopic (exact) mass is 375 g/mol. The molecule has 0 bridgehead atoms. The molecule has 1 aromatic rings. The van der Waals surface area contributed by atoms with E-state index in [1.54, 1.807) is 24.3 Å². The molecule has 1 aliphatic heterocycles. The summed E-state index contributed by atoms with van der Waals surface area (Å²) in [5.41, 5.74) is 0.475. The molecular formula is C20H29N3O2S. The number of carbonyl (C=O) groups excluding carboxylic acids is 1. The number of piperidine rings is 1. The lowest BCUT2D eigenvalue weighted by Crippen LogP contribution is -2.50. The van der Waals surface area contributed by atoms with Gasteiger partial charge in [0.2, 0.25) is 5.91 Å². The smallest absolute Gasteiger partial charge is 0.227 e. The first-order chi connectivity index (χ1) is 12.5. The standard InChI is InChI=1S/C20H29N3O2S/c1-14-6-2-3-7-16(14)22-20(26)23-12-10-15(11-13-23)19(25)21-17-8-4-5-9-18(17)24/h4-5,8-9,14-16,24H,2-3,6-7,10-13H2,1H3,(H,21,25)(H,22,26)/t14-,16+/m1/s1. The normalized spacial score (nSPS) is 24.1. The fourth-order valence-corrected chi connectivity index (χ4v) is 4.27. The number of hydrogen-bond acceptors (Lipinski definition) is 3. The van der Waals surface area contributed by atoms with E-state index >= 15 is 0 Å². The third-order valence-electron chi connectivity index (χ3n) is 5.74. The second-order valence-corrected chi connectivity index (χ2v) is 7.97. The number of likely N-dealkylation sites (tertiary alicyclic amines) is 1. The zero-order valence-corrected chi connectivity index (χ0v) is 16.2. The number of thiocarbonyl (C=S) groups is 1. The van der Waals surface area contributed by atoms with Gasteiger partial charge in [0.1, 0.15) is 5.75 Å². The van der Waals surface area contributed by atoms with Crippen molar-refractivity contribution in [2.75, 3.05) is 18.4 Å². The Bertz CT molecular complexity index is 644. The molecule has 1 saturated heterocycles. The molecule has 0 spiro atoms. The minimum absolute atomic E-state index is 0.0223. The van der Waals surface area contributed by atoms with Crippen molar-refractivity contribution in [3.05, 3.63) is 24.3 Å². The minimum atomic E-state index is -0.0396. The molecule has 2 aliphatic rings. The Labute approximate surface area is 161 Å². The highest BCUT2D eigenvalue weighted by atomic mass is 32.1. The number of para-hydroxylation sites is 2. The summed E-state index contributed by atoms with van der Waals surface area (Å²) < 4.78 is 0.